The highest BCUT2D eigenvalue weighted by atomic mass is 35.5. The molecule has 2 amide bonds. The van der Waals surface area contributed by atoms with E-state index in [-0.39, 0.29) is 36.0 Å². The average Bonchev–Trinajstić information content (AvgIpc) is 2.32. The lowest BCUT2D eigenvalue weighted by molar-refractivity contribution is -0.116. The molecule has 0 saturated carbocycles. The molecule has 0 spiro atoms. The van der Waals surface area contributed by atoms with Crippen LogP contribution in [0.15, 0.2) is 18.2 Å². The van der Waals surface area contributed by atoms with Crippen LogP contribution in [0.5, 0.6) is 0 Å². The highest BCUT2D eigenvalue weighted by molar-refractivity contribution is 5.96. The normalized spacial score (nSPS) is 9.58. The number of carbonyl (C=O) groups excluding carboxylic acids is 2. The van der Waals surface area contributed by atoms with Gasteiger partial charge in [0.05, 0.1) is 5.69 Å². The Morgan fingerprint density at radius 3 is 2.63 bits per heavy atom. The molecule has 106 valence electrons. The molecule has 1 aromatic rings. The number of amides is 2. The zero-order valence-corrected chi connectivity index (χ0v) is 11.3. The maximum atomic E-state index is 13.4. The van der Waals surface area contributed by atoms with Gasteiger partial charge in [0.15, 0.2) is 0 Å². The Kier molecular flexibility index (Phi) is 7.71. The van der Waals surface area contributed by atoms with E-state index in [0.29, 0.717) is 13.0 Å². The Hall–Kier alpha value is -1.66. The first kappa shape index (κ1) is 17.3. The number of hydrogen-bond donors (Lipinski definition) is 3. The number of primary amides is 1. The van der Waals surface area contributed by atoms with E-state index in [2.05, 4.69) is 10.6 Å². The summed E-state index contributed by atoms with van der Waals surface area (Å²) < 4.78 is 13.4. The van der Waals surface area contributed by atoms with Crippen molar-refractivity contribution >= 4 is 29.9 Å². The molecule has 19 heavy (non-hydrogen) atoms. The molecule has 1 rings (SSSR count). The van der Waals surface area contributed by atoms with Gasteiger partial charge in [-0.05, 0) is 38.2 Å². The van der Waals surface area contributed by atoms with Crippen LogP contribution in [0.1, 0.15) is 23.2 Å². The zero-order chi connectivity index (χ0) is 13.5. The van der Waals surface area contributed by atoms with Crippen LogP contribution in [0, 0.1) is 5.82 Å². The Labute approximate surface area is 117 Å². The largest absolute Gasteiger partial charge is 0.366 e. The smallest absolute Gasteiger partial charge is 0.248 e. The second-order valence-corrected chi connectivity index (χ2v) is 3.81. The first-order valence-corrected chi connectivity index (χ1v) is 5.58. The summed E-state index contributed by atoms with van der Waals surface area (Å²) in [6.07, 6.45) is 0.931. The number of nitrogens with two attached hydrogens (primary N) is 1. The minimum atomic E-state index is -0.666. The van der Waals surface area contributed by atoms with Gasteiger partial charge >= 0.3 is 0 Å². The number of halogens is 2. The Bertz CT molecular complexity index is 455. The van der Waals surface area contributed by atoms with Gasteiger partial charge in [0.1, 0.15) is 5.82 Å². The fourth-order valence-corrected chi connectivity index (χ4v) is 1.41. The Morgan fingerprint density at radius 2 is 2.05 bits per heavy atom. The summed E-state index contributed by atoms with van der Waals surface area (Å²) in [7, 11) is 1.79. The third-order valence-corrected chi connectivity index (χ3v) is 2.36. The van der Waals surface area contributed by atoms with Crippen LogP contribution in [0.2, 0.25) is 0 Å². The number of rotatable bonds is 6. The fourth-order valence-electron chi connectivity index (χ4n) is 1.41. The van der Waals surface area contributed by atoms with Crippen molar-refractivity contribution in [2.75, 3.05) is 18.9 Å². The molecule has 0 aliphatic heterocycles. The van der Waals surface area contributed by atoms with Gasteiger partial charge in [0.2, 0.25) is 11.8 Å². The standard InChI is InChI=1S/C12H16FN3O2.ClH/c1-15-6-2-3-11(17)16-10-7-8(12(14)18)4-5-9(10)13;/h4-5,7,15H,2-3,6H2,1H3,(H2,14,18)(H,16,17);1H. The summed E-state index contributed by atoms with van der Waals surface area (Å²) in [4.78, 5) is 22.4. The molecule has 0 fully saturated rings. The summed E-state index contributed by atoms with van der Waals surface area (Å²) in [6.45, 7) is 0.706. The molecule has 5 nitrogen and oxygen atoms in total. The van der Waals surface area contributed by atoms with Gasteiger partial charge in [-0.15, -0.1) is 12.4 Å². The number of nitrogens with one attached hydrogen (secondary N) is 2. The highest BCUT2D eigenvalue weighted by Crippen LogP contribution is 2.16. The second-order valence-electron chi connectivity index (χ2n) is 3.81. The molecule has 0 unspecified atom stereocenters. The van der Waals surface area contributed by atoms with Crippen LogP contribution in [-0.4, -0.2) is 25.4 Å². The van der Waals surface area contributed by atoms with Gasteiger partial charge in [-0.2, -0.15) is 0 Å². The molecule has 4 N–H and O–H groups in total. The molecule has 7 heteroatoms. The van der Waals surface area contributed by atoms with Gasteiger partial charge in [0, 0.05) is 12.0 Å². The second kappa shape index (κ2) is 8.44. The maximum Gasteiger partial charge on any atom is 0.248 e. The van der Waals surface area contributed by atoms with Gasteiger partial charge in [-0.3, -0.25) is 9.59 Å². The molecule has 0 saturated heterocycles. The summed E-state index contributed by atoms with van der Waals surface area (Å²) in [5.74, 6) is -1.56. The van der Waals surface area contributed by atoms with E-state index in [0.717, 1.165) is 6.07 Å². The molecular weight excluding hydrogens is 273 g/mol. The quantitative estimate of drug-likeness (QED) is 0.690. The molecule has 0 aliphatic carbocycles. The lowest BCUT2D eigenvalue weighted by Crippen LogP contribution is -2.17. The summed E-state index contributed by atoms with van der Waals surface area (Å²) in [6, 6.07) is 3.60. The summed E-state index contributed by atoms with van der Waals surface area (Å²) in [5, 5.41) is 5.32. The zero-order valence-electron chi connectivity index (χ0n) is 10.5. The predicted octanol–water partition coefficient (Wildman–Crippen LogP) is 1.28. The third-order valence-electron chi connectivity index (χ3n) is 2.36. The molecule has 0 radical (unpaired) electrons. The van der Waals surface area contributed by atoms with E-state index in [1.807, 2.05) is 0 Å². The first-order valence-electron chi connectivity index (χ1n) is 5.58. The van der Waals surface area contributed by atoms with Crippen molar-refractivity contribution in [3.05, 3.63) is 29.6 Å². The molecule has 1 aromatic carbocycles. The van der Waals surface area contributed by atoms with Crippen molar-refractivity contribution in [3.63, 3.8) is 0 Å². The van der Waals surface area contributed by atoms with Gasteiger partial charge < -0.3 is 16.4 Å². The van der Waals surface area contributed by atoms with Gasteiger partial charge in [0.25, 0.3) is 0 Å². The van der Waals surface area contributed by atoms with Crippen LogP contribution < -0.4 is 16.4 Å². The van der Waals surface area contributed by atoms with Crippen LogP contribution in [0.3, 0.4) is 0 Å². The molecular formula is C12H17ClFN3O2. The monoisotopic (exact) mass is 289 g/mol. The number of benzene rings is 1. The van der Waals surface area contributed by atoms with Crippen molar-refractivity contribution < 1.29 is 14.0 Å². The summed E-state index contributed by atoms with van der Waals surface area (Å²) in [5.41, 5.74) is 5.21. The minimum absolute atomic E-state index is 0. The maximum absolute atomic E-state index is 13.4. The lowest BCUT2D eigenvalue weighted by Gasteiger charge is -2.07. The SMILES string of the molecule is CNCCCC(=O)Nc1cc(C(N)=O)ccc1F.Cl. The average molecular weight is 290 g/mol. The lowest BCUT2D eigenvalue weighted by atomic mass is 10.1. The van der Waals surface area contributed by atoms with Gasteiger partial charge in [-0.1, -0.05) is 0 Å². The van der Waals surface area contributed by atoms with Crippen LogP contribution >= 0.6 is 12.4 Å². The molecule has 0 atom stereocenters. The Morgan fingerprint density at radius 1 is 1.37 bits per heavy atom. The molecule has 0 aromatic heterocycles. The van der Waals surface area contributed by atoms with E-state index in [1.54, 1.807) is 7.05 Å². The van der Waals surface area contributed by atoms with E-state index in [9.17, 15) is 14.0 Å². The first-order chi connectivity index (χ1) is 8.54. The number of anilines is 1. The fraction of sp³-hybridized carbons (Fsp3) is 0.333. The van der Waals surface area contributed by atoms with Crippen molar-refractivity contribution in [2.24, 2.45) is 5.73 Å². The van der Waals surface area contributed by atoms with E-state index < -0.39 is 11.7 Å². The minimum Gasteiger partial charge on any atom is -0.366 e. The Balaban J connectivity index is 0.00000324. The van der Waals surface area contributed by atoms with Crippen molar-refractivity contribution in [1.29, 1.82) is 0 Å². The molecule has 0 heterocycles. The summed E-state index contributed by atoms with van der Waals surface area (Å²) >= 11 is 0. The number of hydrogen-bond acceptors (Lipinski definition) is 3. The van der Waals surface area contributed by atoms with Crippen LogP contribution in [0.4, 0.5) is 10.1 Å². The molecule has 0 aliphatic rings. The third kappa shape index (κ3) is 5.67. The van der Waals surface area contributed by atoms with Crippen LogP contribution in [0.25, 0.3) is 0 Å². The molecule has 0 bridgehead atoms. The van der Waals surface area contributed by atoms with E-state index in [4.69, 9.17) is 5.73 Å². The topological polar surface area (TPSA) is 84.2 Å². The highest BCUT2D eigenvalue weighted by Gasteiger charge is 2.09. The van der Waals surface area contributed by atoms with Crippen LogP contribution in [-0.2, 0) is 4.79 Å². The van der Waals surface area contributed by atoms with E-state index in [1.165, 1.54) is 12.1 Å². The van der Waals surface area contributed by atoms with Crippen molar-refractivity contribution in [3.8, 4) is 0 Å². The van der Waals surface area contributed by atoms with E-state index >= 15 is 0 Å². The number of carbonyl (C=O) groups is 2. The van der Waals surface area contributed by atoms with Gasteiger partial charge in [-0.25, -0.2) is 4.39 Å². The van der Waals surface area contributed by atoms with Crippen molar-refractivity contribution in [1.82, 2.24) is 5.32 Å². The predicted molar refractivity (Wildman–Crippen MR) is 74.0 cm³/mol. The van der Waals surface area contributed by atoms with Crippen molar-refractivity contribution in [2.45, 2.75) is 12.8 Å².